The first-order valence-electron chi connectivity index (χ1n) is 10.7. The van der Waals surface area contributed by atoms with E-state index in [2.05, 4.69) is 40.7 Å². The summed E-state index contributed by atoms with van der Waals surface area (Å²) in [4.78, 5) is 29.4. The molecule has 3 rings (SSSR count). The summed E-state index contributed by atoms with van der Waals surface area (Å²) in [6.07, 6.45) is 4.68. The molecule has 1 saturated heterocycles. The number of hydrogen-bond donors (Lipinski definition) is 2. The van der Waals surface area contributed by atoms with Crippen molar-refractivity contribution in [1.82, 2.24) is 20.4 Å². The number of rotatable bonds is 6. The summed E-state index contributed by atoms with van der Waals surface area (Å²) in [6.45, 7) is 8.10. The fraction of sp³-hybridized carbons (Fsp3) is 0.636. The lowest BCUT2D eigenvalue weighted by Crippen LogP contribution is -2.58. The summed E-state index contributed by atoms with van der Waals surface area (Å²) in [5, 5.41) is 6.05. The van der Waals surface area contributed by atoms with Crippen LogP contribution in [0.4, 0.5) is 4.79 Å². The van der Waals surface area contributed by atoms with Crippen LogP contribution in [0.25, 0.3) is 0 Å². The van der Waals surface area contributed by atoms with Crippen LogP contribution in [-0.2, 0) is 11.3 Å². The maximum Gasteiger partial charge on any atom is 0.317 e. The molecule has 154 valence electrons. The highest BCUT2D eigenvalue weighted by molar-refractivity contribution is 5.82. The molecule has 1 heterocycles. The minimum Gasteiger partial charge on any atom is -0.351 e. The first-order valence-corrected chi connectivity index (χ1v) is 10.7. The van der Waals surface area contributed by atoms with Crippen LogP contribution in [0.1, 0.15) is 43.7 Å². The lowest BCUT2D eigenvalue weighted by Gasteiger charge is -2.40. The number of nitrogens with zero attached hydrogens (tertiary/aromatic N) is 2. The maximum absolute atomic E-state index is 13.2. The third-order valence-corrected chi connectivity index (χ3v) is 5.99. The van der Waals surface area contributed by atoms with E-state index in [9.17, 15) is 9.59 Å². The second-order valence-electron chi connectivity index (χ2n) is 8.05. The van der Waals surface area contributed by atoms with Crippen molar-refractivity contribution in [2.45, 2.75) is 52.1 Å². The second-order valence-corrected chi connectivity index (χ2v) is 8.05. The Bertz CT molecular complexity index is 664. The number of carbonyl (C=O) groups excluding carboxylic acids is 2. The average Bonchev–Trinajstić information content (AvgIpc) is 3.21. The van der Waals surface area contributed by atoms with Crippen molar-refractivity contribution in [3.05, 3.63) is 35.4 Å². The van der Waals surface area contributed by atoms with E-state index in [4.69, 9.17) is 0 Å². The van der Waals surface area contributed by atoms with E-state index in [1.54, 1.807) is 0 Å². The first kappa shape index (κ1) is 20.6. The molecule has 1 aliphatic heterocycles. The van der Waals surface area contributed by atoms with Crippen molar-refractivity contribution in [3.8, 4) is 0 Å². The van der Waals surface area contributed by atoms with Gasteiger partial charge in [0.05, 0.1) is 6.04 Å². The van der Waals surface area contributed by atoms with Gasteiger partial charge in [-0.15, -0.1) is 0 Å². The van der Waals surface area contributed by atoms with Crippen molar-refractivity contribution in [3.63, 3.8) is 0 Å². The van der Waals surface area contributed by atoms with E-state index < -0.39 is 0 Å². The van der Waals surface area contributed by atoms with Gasteiger partial charge in [-0.25, -0.2) is 4.79 Å². The quantitative estimate of drug-likeness (QED) is 0.790. The third-order valence-electron chi connectivity index (χ3n) is 5.99. The topological polar surface area (TPSA) is 64.7 Å². The lowest BCUT2D eigenvalue weighted by molar-refractivity contribution is -0.129. The SMILES string of the molecule is CCNC(=O)N1CCN([C@@H](C(=O)NCc2cccc(C)c2)C2CCCC2)CC1. The summed E-state index contributed by atoms with van der Waals surface area (Å²) in [5.41, 5.74) is 2.35. The van der Waals surface area contributed by atoms with E-state index in [0.29, 0.717) is 32.1 Å². The molecule has 0 aromatic heterocycles. The van der Waals surface area contributed by atoms with Gasteiger partial charge in [-0.3, -0.25) is 9.69 Å². The zero-order valence-electron chi connectivity index (χ0n) is 17.2. The monoisotopic (exact) mass is 386 g/mol. The molecular weight excluding hydrogens is 352 g/mol. The number of urea groups is 1. The molecular formula is C22H34N4O2. The Labute approximate surface area is 168 Å². The zero-order chi connectivity index (χ0) is 19.9. The highest BCUT2D eigenvalue weighted by Gasteiger charge is 2.37. The summed E-state index contributed by atoms with van der Waals surface area (Å²) >= 11 is 0. The van der Waals surface area contributed by atoms with Crippen LogP contribution in [0.5, 0.6) is 0 Å². The number of hydrogen-bond acceptors (Lipinski definition) is 3. The molecule has 2 N–H and O–H groups in total. The van der Waals surface area contributed by atoms with E-state index in [0.717, 1.165) is 31.5 Å². The molecule has 6 nitrogen and oxygen atoms in total. The van der Waals surface area contributed by atoms with Crippen molar-refractivity contribution >= 4 is 11.9 Å². The average molecular weight is 387 g/mol. The van der Waals surface area contributed by atoms with Crippen LogP contribution in [0.15, 0.2) is 24.3 Å². The van der Waals surface area contributed by atoms with Gasteiger partial charge in [0.25, 0.3) is 0 Å². The normalized spacial score (nSPS) is 19.4. The minimum atomic E-state index is -0.0799. The molecule has 1 atom stereocenters. The molecule has 0 spiro atoms. The van der Waals surface area contributed by atoms with Gasteiger partial charge in [0.2, 0.25) is 5.91 Å². The predicted octanol–water partition coefficient (Wildman–Crippen LogP) is 2.52. The summed E-state index contributed by atoms with van der Waals surface area (Å²) in [5.74, 6) is 0.563. The third kappa shape index (κ3) is 5.25. The first-order chi connectivity index (χ1) is 13.6. The van der Waals surface area contributed by atoms with Gasteiger partial charge in [-0.1, -0.05) is 42.7 Å². The number of benzene rings is 1. The van der Waals surface area contributed by atoms with Crippen LogP contribution in [0.2, 0.25) is 0 Å². The molecule has 1 aliphatic carbocycles. The molecule has 0 radical (unpaired) electrons. The van der Waals surface area contributed by atoms with E-state index >= 15 is 0 Å². The van der Waals surface area contributed by atoms with Crippen molar-refractivity contribution in [2.24, 2.45) is 5.92 Å². The highest BCUT2D eigenvalue weighted by atomic mass is 16.2. The molecule has 1 aromatic carbocycles. The van der Waals surface area contributed by atoms with Crippen LogP contribution in [-0.4, -0.2) is 60.5 Å². The van der Waals surface area contributed by atoms with E-state index in [1.165, 1.54) is 18.4 Å². The van der Waals surface area contributed by atoms with Gasteiger partial charge in [0, 0.05) is 39.3 Å². The number of carbonyl (C=O) groups is 2. The number of aryl methyl sites for hydroxylation is 1. The molecule has 2 fully saturated rings. The largest absolute Gasteiger partial charge is 0.351 e. The van der Waals surface area contributed by atoms with Crippen LogP contribution >= 0.6 is 0 Å². The fourth-order valence-corrected chi connectivity index (χ4v) is 4.53. The van der Waals surface area contributed by atoms with Crippen LogP contribution in [0.3, 0.4) is 0 Å². The van der Waals surface area contributed by atoms with E-state index in [1.807, 2.05) is 17.9 Å². The molecule has 0 unspecified atom stereocenters. The minimum absolute atomic E-state index is 0.00321. The number of amides is 3. The Morgan fingerprint density at radius 1 is 1.11 bits per heavy atom. The summed E-state index contributed by atoms with van der Waals surface area (Å²) in [7, 11) is 0. The Balaban J connectivity index is 1.61. The van der Waals surface area contributed by atoms with Gasteiger partial charge in [-0.05, 0) is 38.2 Å². The Morgan fingerprint density at radius 2 is 1.82 bits per heavy atom. The Morgan fingerprint density at radius 3 is 2.46 bits per heavy atom. The van der Waals surface area contributed by atoms with Gasteiger partial charge in [0.1, 0.15) is 0 Å². The Hall–Kier alpha value is -2.08. The zero-order valence-corrected chi connectivity index (χ0v) is 17.2. The van der Waals surface area contributed by atoms with Crippen molar-refractivity contribution < 1.29 is 9.59 Å². The van der Waals surface area contributed by atoms with Gasteiger partial charge in [-0.2, -0.15) is 0 Å². The van der Waals surface area contributed by atoms with Crippen molar-refractivity contribution in [2.75, 3.05) is 32.7 Å². The van der Waals surface area contributed by atoms with Gasteiger partial charge >= 0.3 is 6.03 Å². The summed E-state index contributed by atoms with van der Waals surface area (Å²) < 4.78 is 0. The van der Waals surface area contributed by atoms with E-state index in [-0.39, 0.29) is 18.0 Å². The van der Waals surface area contributed by atoms with Crippen LogP contribution in [0, 0.1) is 12.8 Å². The number of nitrogens with one attached hydrogen (secondary N) is 2. The smallest absolute Gasteiger partial charge is 0.317 e. The molecule has 28 heavy (non-hydrogen) atoms. The molecule has 1 saturated carbocycles. The molecule has 3 amide bonds. The van der Waals surface area contributed by atoms with Gasteiger partial charge < -0.3 is 15.5 Å². The Kier molecular flexibility index (Phi) is 7.31. The van der Waals surface area contributed by atoms with Crippen molar-refractivity contribution in [1.29, 1.82) is 0 Å². The van der Waals surface area contributed by atoms with Gasteiger partial charge in [0.15, 0.2) is 0 Å². The molecule has 2 aliphatic rings. The molecule has 1 aromatic rings. The molecule has 6 heteroatoms. The number of piperazine rings is 1. The standard InChI is InChI=1S/C22H34N4O2/c1-3-23-22(28)26-13-11-25(12-14-26)20(19-9-4-5-10-19)21(27)24-16-18-8-6-7-17(2)15-18/h6-8,15,19-20H,3-5,9-14,16H2,1-2H3,(H,23,28)(H,24,27)/t20-/m1/s1. The van der Waals surface area contributed by atoms with Crippen LogP contribution < -0.4 is 10.6 Å². The fourth-order valence-electron chi connectivity index (χ4n) is 4.53. The maximum atomic E-state index is 13.2. The predicted molar refractivity (Wildman–Crippen MR) is 111 cm³/mol. The molecule has 0 bridgehead atoms. The summed E-state index contributed by atoms with van der Waals surface area (Å²) in [6, 6.07) is 8.21. The highest BCUT2D eigenvalue weighted by Crippen LogP contribution is 2.31. The lowest BCUT2D eigenvalue weighted by atomic mass is 9.95. The second kappa shape index (κ2) is 9.92.